The van der Waals surface area contributed by atoms with Gasteiger partial charge >= 0.3 is 0 Å². The fourth-order valence-corrected chi connectivity index (χ4v) is 3.62. The Labute approximate surface area is 131 Å². The predicted octanol–water partition coefficient (Wildman–Crippen LogP) is 2.12. The zero-order chi connectivity index (χ0) is 14.8. The minimum Gasteiger partial charge on any atom is -0.454 e. The highest BCUT2D eigenvalue weighted by Gasteiger charge is 2.16. The van der Waals surface area contributed by atoms with Gasteiger partial charge in [-0.1, -0.05) is 29.2 Å². The van der Waals surface area contributed by atoms with Crippen molar-refractivity contribution in [3.8, 4) is 11.5 Å². The summed E-state index contributed by atoms with van der Waals surface area (Å²) in [7, 11) is 3.90. The lowest BCUT2D eigenvalue weighted by atomic mass is 10.1. The molecule has 0 aliphatic carbocycles. The molecule has 1 atom stereocenters. The van der Waals surface area contributed by atoms with Crippen molar-refractivity contribution in [3.63, 3.8) is 0 Å². The first kappa shape index (κ1) is 14.4. The van der Waals surface area contributed by atoms with Crippen molar-refractivity contribution >= 4 is 28.2 Å². The molecular formula is C13H16N4O2S2. The number of aromatic nitrogens is 2. The summed E-state index contributed by atoms with van der Waals surface area (Å²) in [6, 6.07) is 5.73. The molecule has 8 heteroatoms. The van der Waals surface area contributed by atoms with Crippen LogP contribution < -0.4 is 20.1 Å². The summed E-state index contributed by atoms with van der Waals surface area (Å²) < 4.78 is 11.6. The van der Waals surface area contributed by atoms with Gasteiger partial charge in [-0.05, 0) is 17.7 Å². The molecule has 0 saturated carbocycles. The Morgan fingerprint density at radius 3 is 2.90 bits per heavy atom. The van der Waals surface area contributed by atoms with E-state index in [1.807, 2.05) is 37.2 Å². The van der Waals surface area contributed by atoms with Gasteiger partial charge in [-0.3, -0.25) is 0 Å². The standard InChI is InChI=1S/C13H16N4O2S2/c1-17(2)12-15-16-13(21-12)20-6-9(14)8-3-4-10-11(5-8)19-7-18-10/h3-5,9H,6-7,14H2,1-2H3. The van der Waals surface area contributed by atoms with Crippen LogP contribution in [0, 0.1) is 0 Å². The molecule has 112 valence electrons. The van der Waals surface area contributed by atoms with Gasteiger partial charge in [0.1, 0.15) is 0 Å². The molecule has 2 aromatic rings. The van der Waals surface area contributed by atoms with Crippen molar-refractivity contribution in [2.24, 2.45) is 5.73 Å². The number of nitrogens with two attached hydrogens (primary N) is 1. The van der Waals surface area contributed by atoms with Gasteiger partial charge in [-0.25, -0.2) is 0 Å². The molecule has 0 fully saturated rings. The smallest absolute Gasteiger partial charge is 0.231 e. The minimum atomic E-state index is -0.0868. The highest BCUT2D eigenvalue weighted by Crippen LogP contribution is 2.35. The van der Waals surface area contributed by atoms with Crippen LogP contribution in [0.4, 0.5) is 5.13 Å². The molecule has 1 unspecified atom stereocenters. The van der Waals surface area contributed by atoms with Gasteiger partial charge in [0.15, 0.2) is 15.8 Å². The van der Waals surface area contributed by atoms with Gasteiger partial charge in [0.05, 0.1) is 0 Å². The second kappa shape index (κ2) is 6.08. The van der Waals surface area contributed by atoms with Crippen molar-refractivity contribution in [2.75, 3.05) is 31.5 Å². The molecule has 0 radical (unpaired) electrons. The van der Waals surface area contributed by atoms with Gasteiger partial charge in [-0.2, -0.15) is 0 Å². The lowest BCUT2D eigenvalue weighted by Crippen LogP contribution is -2.12. The summed E-state index contributed by atoms with van der Waals surface area (Å²) in [5.41, 5.74) is 7.26. The van der Waals surface area contributed by atoms with E-state index in [2.05, 4.69) is 10.2 Å². The van der Waals surface area contributed by atoms with E-state index in [1.54, 1.807) is 23.1 Å². The zero-order valence-electron chi connectivity index (χ0n) is 11.8. The molecule has 0 amide bonds. The highest BCUT2D eigenvalue weighted by atomic mass is 32.2. The normalized spacial score (nSPS) is 14.2. The van der Waals surface area contributed by atoms with E-state index < -0.39 is 0 Å². The molecule has 1 aliphatic rings. The number of hydrogen-bond acceptors (Lipinski definition) is 8. The van der Waals surface area contributed by atoms with Crippen molar-refractivity contribution in [1.82, 2.24) is 10.2 Å². The molecule has 2 heterocycles. The van der Waals surface area contributed by atoms with E-state index in [1.165, 1.54) is 0 Å². The van der Waals surface area contributed by atoms with Crippen LogP contribution in [0.2, 0.25) is 0 Å². The Kier molecular flexibility index (Phi) is 4.18. The van der Waals surface area contributed by atoms with Gasteiger partial charge in [0.25, 0.3) is 0 Å². The third kappa shape index (κ3) is 3.22. The molecule has 0 spiro atoms. The molecule has 21 heavy (non-hydrogen) atoms. The van der Waals surface area contributed by atoms with Crippen LogP contribution in [0.3, 0.4) is 0 Å². The Balaban J connectivity index is 1.62. The topological polar surface area (TPSA) is 73.5 Å². The van der Waals surface area contributed by atoms with Gasteiger partial charge < -0.3 is 20.1 Å². The summed E-state index contributed by atoms with van der Waals surface area (Å²) in [6.07, 6.45) is 0. The molecule has 1 aromatic carbocycles. The fourth-order valence-electron chi connectivity index (χ4n) is 1.84. The maximum atomic E-state index is 6.23. The monoisotopic (exact) mass is 324 g/mol. The SMILES string of the molecule is CN(C)c1nnc(SCC(N)c2ccc3c(c2)OCO3)s1. The summed E-state index contributed by atoms with van der Waals surface area (Å²) in [4.78, 5) is 1.94. The molecular weight excluding hydrogens is 308 g/mol. The average Bonchev–Trinajstić information content (AvgIpc) is 3.12. The molecule has 1 aromatic heterocycles. The number of nitrogens with zero attached hydrogens (tertiary/aromatic N) is 3. The zero-order valence-corrected chi connectivity index (χ0v) is 13.4. The van der Waals surface area contributed by atoms with E-state index in [0.29, 0.717) is 0 Å². The Morgan fingerprint density at radius 1 is 1.33 bits per heavy atom. The molecule has 1 aliphatic heterocycles. The fraction of sp³-hybridized carbons (Fsp3) is 0.385. The lowest BCUT2D eigenvalue weighted by molar-refractivity contribution is 0.174. The first-order valence-electron chi connectivity index (χ1n) is 6.42. The van der Waals surface area contributed by atoms with E-state index >= 15 is 0 Å². The number of thioether (sulfide) groups is 1. The minimum absolute atomic E-state index is 0.0868. The third-order valence-corrected chi connectivity index (χ3v) is 5.33. The van der Waals surface area contributed by atoms with Crippen LogP contribution >= 0.6 is 23.1 Å². The average molecular weight is 324 g/mol. The number of hydrogen-bond donors (Lipinski definition) is 1. The van der Waals surface area contributed by atoms with E-state index in [9.17, 15) is 0 Å². The van der Waals surface area contributed by atoms with E-state index in [0.717, 1.165) is 32.3 Å². The Hall–Kier alpha value is -1.51. The van der Waals surface area contributed by atoms with Crippen molar-refractivity contribution in [2.45, 2.75) is 10.4 Å². The van der Waals surface area contributed by atoms with Crippen molar-refractivity contribution < 1.29 is 9.47 Å². The lowest BCUT2D eigenvalue weighted by Gasteiger charge is -2.11. The second-order valence-corrected chi connectivity index (χ2v) is 7.00. The molecule has 6 nitrogen and oxygen atoms in total. The first-order valence-corrected chi connectivity index (χ1v) is 8.22. The number of fused-ring (bicyclic) bond motifs is 1. The maximum absolute atomic E-state index is 6.23. The maximum Gasteiger partial charge on any atom is 0.231 e. The summed E-state index contributed by atoms with van der Waals surface area (Å²) in [5.74, 6) is 2.28. The number of benzene rings is 1. The number of rotatable bonds is 5. The van der Waals surface area contributed by atoms with Crippen LogP contribution in [0.1, 0.15) is 11.6 Å². The second-order valence-electron chi connectivity index (χ2n) is 4.78. The van der Waals surface area contributed by atoms with E-state index in [4.69, 9.17) is 15.2 Å². The predicted molar refractivity (Wildman–Crippen MR) is 84.5 cm³/mol. The summed E-state index contributed by atoms with van der Waals surface area (Å²) >= 11 is 3.18. The Morgan fingerprint density at radius 2 is 2.14 bits per heavy atom. The van der Waals surface area contributed by atoms with Crippen molar-refractivity contribution in [1.29, 1.82) is 0 Å². The van der Waals surface area contributed by atoms with Crippen LogP contribution in [0.25, 0.3) is 0 Å². The van der Waals surface area contributed by atoms with Crippen LogP contribution in [0.15, 0.2) is 22.5 Å². The van der Waals surface area contributed by atoms with Crippen LogP contribution in [0.5, 0.6) is 11.5 Å². The first-order chi connectivity index (χ1) is 10.1. The van der Waals surface area contributed by atoms with Crippen LogP contribution in [-0.2, 0) is 0 Å². The molecule has 2 N–H and O–H groups in total. The van der Waals surface area contributed by atoms with Gasteiger partial charge in [-0.15, -0.1) is 10.2 Å². The Bertz CT molecular complexity index is 632. The van der Waals surface area contributed by atoms with Crippen molar-refractivity contribution in [3.05, 3.63) is 23.8 Å². The molecule has 3 rings (SSSR count). The van der Waals surface area contributed by atoms with Gasteiger partial charge in [0, 0.05) is 25.9 Å². The molecule has 0 saturated heterocycles. The van der Waals surface area contributed by atoms with E-state index in [-0.39, 0.29) is 12.8 Å². The van der Waals surface area contributed by atoms with Crippen LogP contribution in [-0.4, -0.2) is 36.8 Å². The highest BCUT2D eigenvalue weighted by molar-refractivity contribution is 8.01. The molecule has 0 bridgehead atoms. The summed E-state index contributed by atoms with van der Waals surface area (Å²) in [6.45, 7) is 0.279. The number of ether oxygens (including phenoxy) is 2. The number of anilines is 1. The quantitative estimate of drug-likeness (QED) is 0.845. The summed E-state index contributed by atoms with van der Waals surface area (Å²) in [5, 5.41) is 9.16. The largest absolute Gasteiger partial charge is 0.454 e. The van der Waals surface area contributed by atoms with Gasteiger partial charge in [0.2, 0.25) is 11.9 Å². The third-order valence-electron chi connectivity index (χ3n) is 2.99.